The van der Waals surface area contributed by atoms with Crippen LogP contribution in [0.5, 0.6) is 0 Å². The molecule has 0 aliphatic heterocycles. The zero-order chi connectivity index (χ0) is 14.0. The van der Waals surface area contributed by atoms with Gasteiger partial charge in [-0.1, -0.05) is 23.9 Å². The lowest BCUT2D eigenvalue weighted by molar-refractivity contribution is 0.542. The van der Waals surface area contributed by atoms with Crippen LogP contribution in [-0.2, 0) is 0 Å². The van der Waals surface area contributed by atoms with Crippen molar-refractivity contribution in [3.8, 4) is 6.07 Å². The smallest absolute Gasteiger partial charge is 0.142 e. The fourth-order valence-corrected chi connectivity index (χ4v) is 2.62. The van der Waals surface area contributed by atoms with Crippen LogP contribution in [0.1, 0.15) is 11.1 Å². The molecule has 19 heavy (non-hydrogen) atoms. The second-order valence-corrected chi connectivity index (χ2v) is 5.00. The quantitative estimate of drug-likeness (QED) is 0.847. The maximum absolute atomic E-state index is 13.7. The van der Waals surface area contributed by atoms with Crippen molar-refractivity contribution < 1.29 is 8.78 Å². The maximum atomic E-state index is 13.7. The molecule has 96 valence electrons. The zero-order valence-electron chi connectivity index (χ0n) is 10.1. The van der Waals surface area contributed by atoms with Crippen LogP contribution in [0.3, 0.4) is 0 Å². The van der Waals surface area contributed by atoms with E-state index in [4.69, 9.17) is 11.0 Å². The van der Waals surface area contributed by atoms with Gasteiger partial charge in [-0.15, -0.1) is 0 Å². The lowest BCUT2D eigenvalue weighted by Gasteiger charge is -2.09. The second kappa shape index (κ2) is 5.29. The number of nitrogens with zero attached hydrogens (tertiary/aromatic N) is 1. The van der Waals surface area contributed by atoms with Crippen LogP contribution in [0.25, 0.3) is 0 Å². The van der Waals surface area contributed by atoms with Gasteiger partial charge in [0.25, 0.3) is 0 Å². The Morgan fingerprint density at radius 2 is 1.79 bits per heavy atom. The minimum atomic E-state index is -0.727. The molecule has 0 saturated heterocycles. The summed E-state index contributed by atoms with van der Waals surface area (Å²) < 4.78 is 27.5. The van der Waals surface area contributed by atoms with Crippen molar-refractivity contribution in [2.75, 3.05) is 5.73 Å². The molecule has 0 aliphatic carbocycles. The van der Waals surface area contributed by atoms with Crippen molar-refractivity contribution in [2.45, 2.75) is 16.7 Å². The molecule has 0 heterocycles. The zero-order valence-corrected chi connectivity index (χ0v) is 10.9. The summed E-state index contributed by atoms with van der Waals surface area (Å²) in [5, 5.41) is 9.03. The van der Waals surface area contributed by atoms with Gasteiger partial charge in [0.15, 0.2) is 0 Å². The second-order valence-electron chi connectivity index (χ2n) is 3.98. The highest BCUT2D eigenvalue weighted by atomic mass is 32.2. The van der Waals surface area contributed by atoms with Gasteiger partial charge in [0.05, 0.1) is 10.5 Å². The monoisotopic (exact) mass is 276 g/mol. The maximum Gasteiger partial charge on any atom is 0.142 e. The number of nitrogen functional groups attached to an aromatic ring is 1. The number of hydrogen-bond donors (Lipinski definition) is 1. The molecule has 0 amide bonds. The van der Waals surface area contributed by atoms with Gasteiger partial charge in [-0.2, -0.15) is 5.26 Å². The minimum Gasteiger partial charge on any atom is -0.399 e. The molecule has 2 aromatic carbocycles. The standard InChI is InChI=1S/C14H10F2N2S/c1-8-3-2-4-9(7-17)13(8)19-14-11(15)5-10(18)6-12(14)16/h2-6H,18H2,1H3. The summed E-state index contributed by atoms with van der Waals surface area (Å²) in [7, 11) is 0. The molecule has 0 atom stereocenters. The first kappa shape index (κ1) is 13.4. The number of rotatable bonds is 2. The fourth-order valence-electron chi connectivity index (χ4n) is 1.66. The highest BCUT2D eigenvalue weighted by molar-refractivity contribution is 7.99. The topological polar surface area (TPSA) is 49.8 Å². The number of halogens is 2. The van der Waals surface area contributed by atoms with E-state index in [9.17, 15) is 8.78 Å². The Balaban J connectivity index is 2.51. The number of hydrogen-bond acceptors (Lipinski definition) is 3. The van der Waals surface area contributed by atoms with Gasteiger partial charge in [0, 0.05) is 10.6 Å². The Morgan fingerprint density at radius 3 is 2.37 bits per heavy atom. The molecule has 0 spiro atoms. The summed E-state index contributed by atoms with van der Waals surface area (Å²) in [6.07, 6.45) is 0. The van der Waals surface area contributed by atoms with Crippen LogP contribution in [0.2, 0.25) is 0 Å². The highest BCUT2D eigenvalue weighted by Crippen LogP contribution is 2.36. The molecule has 0 radical (unpaired) electrons. The van der Waals surface area contributed by atoms with E-state index in [1.54, 1.807) is 25.1 Å². The SMILES string of the molecule is Cc1cccc(C#N)c1Sc1c(F)cc(N)cc1F. The molecule has 0 aromatic heterocycles. The molecule has 5 heteroatoms. The summed E-state index contributed by atoms with van der Waals surface area (Å²) in [5.74, 6) is -1.45. The van der Waals surface area contributed by atoms with Crippen molar-refractivity contribution in [3.63, 3.8) is 0 Å². The van der Waals surface area contributed by atoms with E-state index in [-0.39, 0.29) is 10.6 Å². The van der Waals surface area contributed by atoms with E-state index in [1.807, 2.05) is 6.07 Å². The highest BCUT2D eigenvalue weighted by Gasteiger charge is 2.15. The van der Waals surface area contributed by atoms with Crippen LogP contribution in [0.15, 0.2) is 40.1 Å². The van der Waals surface area contributed by atoms with Gasteiger partial charge in [-0.3, -0.25) is 0 Å². The molecule has 0 aliphatic rings. The van der Waals surface area contributed by atoms with Crippen molar-refractivity contribution in [1.29, 1.82) is 5.26 Å². The summed E-state index contributed by atoms with van der Waals surface area (Å²) in [6.45, 7) is 1.79. The Labute approximate surface area is 113 Å². The lowest BCUT2D eigenvalue weighted by atomic mass is 10.1. The van der Waals surface area contributed by atoms with Gasteiger partial charge < -0.3 is 5.73 Å². The Bertz CT molecular complexity index is 655. The third-order valence-corrected chi connectivity index (χ3v) is 3.90. The third kappa shape index (κ3) is 2.69. The first-order chi connectivity index (χ1) is 9.02. The first-order valence-corrected chi connectivity index (χ1v) is 6.26. The van der Waals surface area contributed by atoms with Crippen LogP contribution in [0.4, 0.5) is 14.5 Å². The van der Waals surface area contributed by atoms with Gasteiger partial charge in [-0.25, -0.2) is 8.78 Å². The summed E-state index contributed by atoms with van der Waals surface area (Å²) in [4.78, 5) is 0.396. The molecule has 0 bridgehead atoms. The molecule has 0 saturated carbocycles. The minimum absolute atomic E-state index is 0.0321. The van der Waals surface area contributed by atoms with Crippen molar-refractivity contribution in [1.82, 2.24) is 0 Å². The lowest BCUT2D eigenvalue weighted by Crippen LogP contribution is -1.94. The normalized spacial score (nSPS) is 10.2. The van der Waals surface area contributed by atoms with Gasteiger partial charge in [-0.05, 0) is 30.7 Å². The fraction of sp³-hybridized carbons (Fsp3) is 0.0714. The predicted octanol–water partition coefficient (Wildman–Crippen LogP) is 3.88. The van der Waals surface area contributed by atoms with E-state index < -0.39 is 11.6 Å². The first-order valence-electron chi connectivity index (χ1n) is 5.45. The Morgan fingerprint density at radius 1 is 1.16 bits per heavy atom. The Hall–Kier alpha value is -2.06. The average molecular weight is 276 g/mol. The molecule has 2 nitrogen and oxygen atoms in total. The van der Waals surface area contributed by atoms with Crippen LogP contribution in [0, 0.1) is 29.9 Å². The number of anilines is 1. The number of benzene rings is 2. The van der Waals surface area contributed by atoms with Crippen LogP contribution in [-0.4, -0.2) is 0 Å². The molecule has 0 fully saturated rings. The number of aryl methyl sites for hydroxylation is 1. The third-order valence-electron chi connectivity index (χ3n) is 2.56. The van der Waals surface area contributed by atoms with E-state index in [0.29, 0.717) is 10.5 Å². The van der Waals surface area contributed by atoms with Crippen LogP contribution < -0.4 is 5.73 Å². The van der Waals surface area contributed by atoms with Crippen LogP contribution >= 0.6 is 11.8 Å². The van der Waals surface area contributed by atoms with Crippen molar-refractivity contribution in [2.24, 2.45) is 0 Å². The predicted molar refractivity (Wildman–Crippen MR) is 70.8 cm³/mol. The molecular formula is C14H10F2N2S. The van der Waals surface area contributed by atoms with Crippen molar-refractivity contribution in [3.05, 3.63) is 53.1 Å². The van der Waals surface area contributed by atoms with E-state index in [0.717, 1.165) is 29.5 Å². The van der Waals surface area contributed by atoms with E-state index in [1.165, 1.54) is 0 Å². The molecule has 2 N–H and O–H groups in total. The van der Waals surface area contributed by atoms with E-state index >= 15 is 0 Å². The largest absolute Gasteiger partial charge is 0.399 e. The number of nitrogens with two attached hydrogens (primary N) is 1. The van der Waals surface area contributed by atoms with E-state index in [2.05, 4.69) is 0 Å². The summed E-state index contributed by atoms with van der Waals surface area (Å²) >= 11 is 0.899. The molecular weight excluding hydrogens is 266 g/mol. The molecule has 0 unspecified atom stereocenters. The van der Waals surface area contributed by atoms with Crippen molar-refractivity contribution >= 4 is 17.4 Å². The van der Waals surface area contributed by atoms with Gasteiger partial charge in [0.2, 0.25) is 0 Å². The number of nitriles is 1. The summed E-state index contributed by atoms with van der Waals surface area (Å²) in [6, 6.07) is 9.28. The van der Waals surface area contributed by atoms with Gasteiger partial charge >= 0.3 is 0 Å². The molecule has 2 aromatic rings. The van der Waals surface area contributed by atoms with Gasteiger partial charge in [0.1, 0.15) is 17.7 Å². The summed E-state index contributed by atoms with van der Waals surface area (Å²) in [5.41, 5.74) is 6.58. The Kier molecular flexibility index (Phi) is 3.72. The average Bonchev–Trinajstić information content (AvgIpc) is 2.34. The molecule has 2 rings (SSSR count).